The van der Waals surface area contributed by atoms with Gasteiger partial charge >= 0.3 is 0 Å². The third kappa shape index (κ3) is 3.31. The second-order valence-electron chi connectivity index (χ2n) is 6.81. The van der Waals surface area contributed by atoms with Gasteiger partial charge in [-0.1, -0.05) is 30.3 Å². The topological polar surface area (TPSA) is 83.8 Å². The van der Waals surface area contributed by atoms with E-state index in [0.717, 1.165) is 45.0 Å². The maximum Gasteiger partial charge on any atom is 0.154 e. The summed E-state index contributed by atoms with van der Waals surface area (Å²) in [5, 5.41) is 9.38. The number of aromatic nitrogens is 6. The molecule has 4 heterocycles. The zero-order chi connectivity index (χ0) is 19.1. The molecule has 0 saturated carbocycles. The summed E-state index contributed by atoms with van der Waals surface area (Å²) in [5.74, 6) is 0.789. The van der Waals surface area contributed by atoms with Crippen LogP contribution in [0.1, 0.15) is 24.2 Å². The molecule has 7 nitrogen and oxygen atoms in total. The lowest BCUT2D eigenvalue weighted by molar-refractivity contribution is 0.833. The average molecular weight is 404 g/mol. The van der Waals surface area contributed by atoms with Gasteiger partial charge in [-0.05, 0) is 26.0 Å². The number of aryl methyl sites for hydroxylation is 1. The minimum atomic E-state index is -0.0299. The number of benzene rings is 1. The van der Waals surface area contributed by atoms with Crippen LogP contribution in [0, 0.1) is 6.92 Å². The number of hydrogen-bond acceptors (Lipinski definition) is 5. The highest BCUT2D eigenvalue weighted by molar-refractivity contribution is 7.59. The van der Waals surface area contributed by atoms with Gasteiger partial charge in [-0.2, -0.15) is 18.6 Å². The third-order valence-electron chi connectivity index (χ3n) is 4.91. The van der Waals surface area contributed by atoms with E-state index >= 15 is 0 Å². The molecular formula is C21H21N7S. The van der Waals surface area contributed by atoms with Crippen molar-refractivity contribution >= 4 is 36.0 Å². The standard InChI is InChI=1S/C21H19N7.H2S/c1-13-11-23-18-10-17(19(27-28(13)18)15-6-4-3-5-7-15)14(2)26-21-16-8-9-22-20(16)24-12-25-21;/h3-12,14H,1-2H3,(H2,22,24,25,26);1H2/t14-;/m0./s1. The molecular weight excluding hydrogens is 382 g/mol. The number of aromatic amines is 1. The molecule has 8 heteroatoms. The number of H-pyrrole nitrogens is 1. The highest BCUT2D eigenvalue weighted by Crippen LogP contribution is 2.30. The van der Waals surface area contributed by atoms with Crippen LogP contribution in [-0.2, 0) is 0 Å². The molecule has 0 radical (unpaired) electrons. The maximum atomic E-state index is 4.90. The number of anilines is 1. The third-order valence-corrected chi connectivity index (χ3v) is 4.91. The van der Waals surface area contributed by atoms with Crippen LogP contribution in [0.5, 0.6) is 0 Å². The van der Waals surface area contributed by atoms with Crippen molar-refractivity contribution in [3.63, 3.8) is 0 Å². The van der Waals surface area contributed by atoms with E-state index in [1.54, 1.807) is 6.33 Å². The highest BCUT2D eigenvalue weighted by atomic mass is 32.1. The molecule has 0 unspecified atom stereocenters. The van der Waals surface area contributed by atoms with Crippen LogP contribution < -0.4 is 5.32 Å². The lowest BCUT2D eigenvalue weighted by atomic mass is 10.0. The van der Waals surface area contributed by atoms with Crippen LogP contribution in [0.4, 0.5) is 5.82 Å². The van der Waals surface area contributed by atoms with Crippen LogP contribution in [0.25, 0.3) is 27.9 Å². The van der Waals surface area contributed by atoms with Crippen molar-refractivity contribution in [3.8, 4) is 11.3 Å². The van der Waals surface area contributed by atoms with Gasteiger partial charge in [0.25, 0.3) is 0 Å². The molecule has 4 aromatic heterocycles. The van der Waals surface area contributed by atoms with E-state index in [1.807, 2.05) is 48.1 Å². The predicted molar refractivity (Wildman–Crippen MR) is 119 cm³/mol. The normalized spacial score (nSPS) is 12.1. The minimum Gasteiger partial charge on any atom is -0.363 e. The molecule has 2 N–H and O–H groups in total. The van der Waals surface area contributed by atoms with Crippen molar-refractivity contribution < 1.29 is 0 Å². The lowest BCUT2D eigenvalue weighted by Gasteiger charge is -2.19. The lowest BCUT2D eigenvalue weighted by Crippen LogP contribution is -2.12. The van der Waals surface area contributed by atoms with Crippen LogP contribution in [0.2, 0.25) is 0 Å². The van der Waals surface area contributed by atoms with Gasteiger partial charge in [0.05, 0.1) is 29.0 Å². The first kappa shape index (κ1) is 18.9. The Morgan fingerprint density at radius 2 is 1.90 bits per heavy atom. The second-order valence-corrected chi connectivity index (χ2v) is 6.81. The molecule has 0 aliphatic heterocycles. The fourth-order valence-corrected chi connectivity index (χ4v) is 3.46. The molecule has 5 rings (SSSR count). The van der Waals surface area contributed by atoms with Crippen molar-refractivity contribution in [2.75, 3.05) is 5.32 Å². The number of rotatable bonds is 4. The van der Waals surface area contributed by atoms with E-state index < -0.39 is 0 Å². The first-order valence-electron chi connectivity index (χ1n) is 9.16. The molecule has 0 spiro atoms. The van der Waals surface area contributed by atoms with Crippen molar-refractivity contribution in [1.29, 1.82) is 0 Å². The largest absolute Gasteiger partial charge is 0.363 e. The van der Waals surface area contributed by atoms with Gasteiger partial charge in [-0.3, -0.25) is 0 Å². The molecule has 0 aliphatic rings. The molecule has 5 aromatic rings. The summed E-state index contributed by atoms with van der Waals surface area (Å²) in [6, 6.07) is 14.2. The summed E-state index contributed by atoms with van der Waals surface area (Å²) in [4.78, 5) is 16.3. The quantitative estimate of drug-likeness (QED) is 0.468. The van der Waals surface area contributed by atoms with Gasteiger partial charge in [0.2, 0.25) is 0 Å². The van der Waals surface area contributed by atoms with Crippen molar-refractivity contribution in [3.05, 3.63) is 72.4 Å². The van der Waals surface area contributed by atoms with Crippen molar-refractivity contribution in [2.24, 2.45) is 0 Å². The Morgan fingerprint density at radius 1 is 1.07 bits per heavy atom. The molecule has 0 aliphatic carbocycles. The summed E-state index contributed by atoms with van der Waals surface area (Å²) in [7, 11) is 0. The SMILES string of the molecule is Cc1cnc2cc([C@H](C)Nc3ncnc4[nH]ccc34)c(-c3ccccc3)nn12.S. The monoisotopic (exact) mass is 403 g/mol. The summed E-state index contributed by atoms with van der Waals surface area (Å²) < 4.78 is 1.88. The highest BCUT2D eigenvalue weighted by Gasteiger charge is 2.18. The van der Waals surface area contributed by atoms with E-state index in [4.69, 9.17) is 5.10 Å². The molecule has 0 amide bonds. The molecule has 1 aromatic carbocycles. The fraction of sp³-hybridized carbons (Fsp3) is 0.143. The Morgan fingerprint density at radius 3 is 2.72 bits per heavy atom. The smallest absolute Gasteiger partial charge is 0.154 e. The minimum absolute atomic E-state index is 0. The Labute approximate surface area is 174 Å². The zero-order valence-corrected chi connectivity index (χ0v) is 17.1. The van der Waals surface area contributed by atoms with E-state index in [9.17, 15) is 0 Å². The Balaban J connectivity index is 0.00000205. The maximum absolute atomic E-state index is 4.90. The zero-order valence-electron chi connectivity index (χ0n) is 16.1. The number of imidazole rings is 1. The molecule has 0 fully saturated rings. The van der Waals surface area contributed by atoms with E-state index in [1.165, 1.54) is 0 Å². The Hall–Kier alpha value is -3.39. The van der Waals surface area contributed by atoms with Gasteiger partial charge < -0.3 is 10.3 Å². The summed E-state index contributed by atoms with van der Waals surface area (Å²) in [6.07, 6.45) is 5.27. The van der Waals surface area contributed by atoms with Gasteiger partial charge in [-0.25, -0.2) is 19.5 Å². The van der Waals surface area contributed by atoms with E-state index in [2.05, 4.69) is 50.4 Å². The summed E-state index contributed by atoms with van der Waals surface area (Å²) >= 11 is 0. The Bertz CT molecular complexity index is 1280. The summed E-state index contributed by atoms with van der Waals surface area (Å²) in [5.41, 5.74) is 5.70. The van der Waals surface area contributed by atoms with Gasteiger partial charge in [0, 0.05) is 17.3 Å². The van der Waals surface area contributed by atoms with Crippen LogP contribution in [-0.4, -0.2) is 29.5 Å². The molecule has 146 valence electrons. The van der Waals surface area contributed by atoms with Crippen LogP contribution in [0.15, 0.2) is 61.2 Å². The van der Waals surface area contributed by atoms with E-state index in [0.29, 0.717) is 0 Å². The molecule has 1 atom stereocenters. The number of nitrogens with zero attached hydrogens (tertiary/aromatic N) is 5. The number of hydrogen-bond donors (Lipinski definition) is 2. The molecule has 0 bridgehead atoms. The fourth-order valence-electron chi connectivity index (χ4n) is 3.46. The van der Waals surface area contributed by atoms with Crippen molar-refractivity contribution in [2.45, 2.75) is 19.9 Å². The second kappa shape index (κ2) is 7.56. The summed E-state index contributed by atoms with van der Waals surface area (Å²) in [6.45, 7) is 4.11. The first-order chi connectivity index (χ1) is 13.7. The van der Waals surface area contributed by atoms with Gasteiger partial charge in [0.15, 0.2) is 5.65 Å². The van der Waals surface area contributed by atoms with Crippen LogP contribution in [0.3, 0.4) is 0 Å². The van der Waals surface area contributed by atoms with Crippen molar-refractivity contribution in [1.82, 2.24) is 29.5 Å². The number of fused-ring (bicyclic) bond motifs is 2. The predicted octanol–water partition coefficient (Wildman–Crippen LogP) is 4.26. The van der Waals surface area contributed by atoms with Gasteiger partial charge in [-0.15, -0.1) is 0 Å². The first-order valence-corrected chi connectivity index (χ1v) is 9.16. The average Bonchev–Trinajstić information content (AvgIpc) is 3.35. The van der Waals surface area contributed by atoms with Crippen LogP contribution >= 0.6 is 13.5 Å². The van der Waals surface area contributed by atoms with Gasteiger partial charge in [0.1, 0.15) is 17.8 Å². The molecule has 0 saturated heterocycles. The number of nitrogens with one attached hydrogen (secondary N) is 2. The molecule has 29 heavy (non-hydrogen) atoms. The Kier molecular flexibility index (Phi) is 4.94. The van der Waals surface area contributed by atoms with E-state index in [-0.39, 0.29) is 19.5 Å².